The van der Waals surface area contributed by atoms with E-state index in [9.17, 15) is 9.18 Å². The second kappa shape index (κ2) is 8.13. The molecule has 0 bridgehead atoms. The normalized spacial score (nSPS) is 18.0. The molecule has 34 heavy (non-hydrogen) atoms. The summed E-state index contributed by atoms with van der Waals surface area (Å²) in [6, 6.07) is 5.67. The van der Waals surface area contributed by atoms with Crippen molar-refractivity contribution in [2.24, 2.45) is 18.4 Å². The van der Waals surface area contributed by atoms with E-state index in [1.807, 2.05) is 12.1 Å². The Labute approximate surface area is 201 Å². The highest BCUT2D eigenvalue weighted by Gasteiger charge is 2.51. The molecule has 3 aromatic heterocycles. The third kappa shape index (κ3) is 3.69. The smallest absolute Gasteiger partial charge is 0.275 e. The molecule has 1 saturated carbocycles. The maximum absolute atomic E-state index is 14.3. The number of aryl methyl sites for hydroxylation is 2. The summed E-state index contributed by atoms with van der Waals surface area (Å²) >= 11 is 6.32. The number of hydrogen-bond acceptors (Lipinski definition) is 5. The SMILES string of the molecule is Cn1ncc2c(CC3CC4(C3)CN(CCCc3cc5nncn5cc3F)C4)ccc(Cl)c2c1=O. The quantitative estimate of drug-likeness (QED) is 0.421. The third-order valence-corrected chi connectivity index (χ3v) is 7.92. The van der Waals surface area contributed by atoms with Crippen LogP contribution in [0.15, 0.2) is 41.7 Å². The summed E-state index contributed by atoms with van der Waals surface area (Å²) in [6.07, 6.45) is 9.75. The Balaban J connectivity index is 1.01. The van der Waals surface area contributed by atoms with Crippen LogP contribution in [0.3, 0.4) is 0 Å². The molecule has 4 heterocycles. The van der Waals surface area contributed by atoms with Gasteiger partial charge in [-0.2, -0.15) is 5.10 Å². The molecule has 0 radical (unpaired) electrons. The highest BCUT2D eigenvalue weighted by Crippen LogP contribution is 2.53. The van der Waals surface area contributed by atoms with Crippen LogP contribution in [0, 0.1) is 17.2 Å². The summed E-state index contributed by atoms with van der Waals surface area (Å²) in [5.41, 5.74) is 2.84. The van der Waals surface area contributed by atoms with E-state index >= 15 is 0 Å². The minimum atomic E-state index is -0.197. The first-order valence-electron chi connectivity index (χ1n) is 11.7. The Morgan fingerprint density at radius 2 is 2.06 bits per heavy atom. The van der Waals surface area contributed by atoms with Crippen molar-refractivity contribution in [2.45, 2.75) is 32.1 Å². The molecular weight excluding hydrogens is 455 g/mol. The monoisotopic (exact) mass is 480 g/mol. The van der Waals surface area contributed by atoms with Gasteiger partial charge in [0, 0.05) is 31.7 Å². The van der Waals surface area contributed by atoms with E-state index in [-0.39, 0.29) is 11.4 Å². The second-order valence-electron chi connectivity index (χ2n) is 10.1. The van der Waals surface area contributed by atoms with E-state index in [2.05, 4.69) is 20.2 Å². The molecule has 4 aromatic rings. The zero-order chi connectivity index (χ0) is 23.4. The summed E-state index contributed by atoms with van der Waals surface area (Å²) in [5, 5.41) is 14.0. The van der Waals surface area contributed by atoms with Gasteiger partial charge in [-0.25, -0.2) is 9.07 Å². The van der Waals surface area contributed by atoms with Gasteiger partial charge in [0.2, 0.25) is 0 Å². The molecule has 7 nitrogen and oxygen atoms in total. The van der Waals surface area contributed by atoms with Gasteiger partial charge >= 0.3 is 0 Å². The van der Waals surface area contributed by atoms with Gasteiger partial charge in [-0.05, 0) is 73.2 Å². The lowest BCUT2D eigenvalue weighted by Gasteiger charge is -2.59. The molecule has 6 rings (SSSR count). The summed E-state index contributed by atoms with van der Waals surface area (Å²) in [4.78, 5) is 15.0. The zero-order valence-electron chi connectivity index (χ0n) is 19.0. The van der Waals surface area contributed by atoms with Gasteiger partial charge < -0.3 is 4.90 Å². The Kier molecular flexibility index (Phi) is 5.18. The molecule has 1 aliphatic heterocycles. The van der Waals surface area contributed by atoms with Gasteiger partial charge in [0.15, 0.2) is 5.65 Å². The fourth-order valence-electron chi connectivity index (χ4n) is 6.05. The van der Waals surface area contributed by atoms with E-state index in [1.165, 1.54) is 30.0 Å². The molecule has 1 aromatic carbocycles. The molecule has 0 unspecified atom stereocenters. The molecular formula is C25H26ClFN6O. The average Bonchev–Trinajstić information content (AvgIpc) is 3.21. The lowest BCUT2D eigenvalue weighted by atomic mass is 9.56. The van der Waals surface area contributed by atoms with Crippen molar-refractivity contribution in [3.63, 3.8) is 0 Å². The van der Waals surface area contributed by atoms with Gasteiger partial charge in [-0.15, -0.1) is 10.2 Å². The number of nitrogens with zero attached hydrogens (tertiary/aromatic N) is 6. The number of likely N-dealkylation sites (tertiary alicyclic amines) is 1. The predicted octanol–water partition coefficient (Wildman–Crippen LogP) is 3.66. The van der Waals surface area contributed by atoms with E-state index in [0.717, 1.165) is 43.4 Å². The van der Waals surface area contributed by atoms with Crippen LogP contribution in [0.4, 0.5) is 4.39 Å². The first-order chi connectivity index (χ1) is 16.4. The number of aromatic nitrogens is 5. The topological polar surface area (TPSA) is 68.3 Å². The van der Waals surface area contributed by atoms with Gasteiger partial charge in [0.05, 0.1) is 16.6 Å². The van der Waals surface area contributed by atoms with Crippen LogP contribution in [-0.2, 0) is 19.9 Å². The number of pyridine rings is 1. The Hall–Kier alpha value is -2.84. The zero-order valence-corrected chi connectivity index (χ0v) is 19.8. The lowest BCUT2D eigenvalue weighted by molar-refractivity contribution is -0.0936. The van der Waals surface area contributed by atoms with Gasteiger partial charge in [0.25, 0.3) is 5.56 Å². The molecule has 1 spiro atoms. The van der Waals surface area contributed by atoms with E-state index in [0.29, 0.717) is 39.4 Å². The average molecular weight is 481 g/mol. The Bertz CT molecular complexity index is 1450. The molecule has 0 amide bonds. The highest BCUT2D eigenvalue weighted by molar-refractivity contribution is 6.35. The van der Waals surface area contributed by atoms with E-state index in [1.54, 1.807) is 23.7 Å². The molecule has 0 atom stereocenters. The van der Waals surface area contributed by atoms with Crippen molar-refractivity contribution in [2.75, 3.05) is 19.6 Å². The fourth-order valence-corrected chi connectivity index (χ4v) is 6.29. The van der Waals surface area contributed by atoms with Crippen LogP contribution < -0.4 is 5.56 Å². The van der Waals surface area contributed by atoms with Crippen molar-refractivity contribution in [1.29, 1.82) is 0 Å². The van der Waals surface area contributed by atoms with Crippen LogP contribution in [-0.4, -0.2) is 48.9 Å². The van der Waals surface area contributed by atoms with Crippen LogP contribution in [0.5, 0.6) is 0 Å². The largest absolute Gasteiger partial charge is 0.302 e. The van der Waals surface area contributed by atoms with Crippen molar-refractivity contribution >= 4 is 28.0 Å². The van der Waals surface area contributed by atoms with Crippen molar-refractivity contribution in [3.05, 3.63) is 69.2 Å². The molecule has 2 fully saturated rings. The Morgan fingerprint density at radius 3 is 2.88 bits per heavy atom. The minimum Gasteiger partial charge on any atom is -0.302 e. The van der Waals surface area contributed by atoms with Crippen LogP contribution in [0.2, 0.25) is 5.02 Å². The van der Waals surface area contributed by atoms with Crippen LogP contribution in [0.25, 0.3) is 16.4 Å². The standard InChI is InChI=1S/C25H26ClFN6O/c1-31-24(34)23-19(11-29-31)17(4-5-20(23)26)7-16-9-25(10-16)13-32(14-25)6-2-3-18-8-22-30-28-15-33(22)12-21(18)27/h4-5,8,11-12,15-16H,2-3,6-7,9-10,13-14H2,1H3. The van der Waals surface area contributed by atoms with E-state index < -0.39 is 0 Å². The molecule has 1 saturated heterocycles. The minimum absolute atomic E-state index is 0.148. The van der Waals surface area contributed by atoms with Gasteiger partial charge in [-0.1, -0.05) is 17.7 Å². The molecule has 176 valence electrons. The van der Waals surface area contributed by atoms with Crippen molar-refractivity contribution < 1.29 is 4.39 Å². The highest BCUT2D eigenvalue weighted by atomic mass is 35.5. The maximum Gasteiger partial charge on any atom is 0.275 e. The van der Waals surface area contributed by atoms with Crippen LogP contribution in [0.1, 0.15) is 30.4 Å². The van der Waals surface area contributed by atoms with Gasteiger partial charge in [-0.3, -0.25) is 9.20 Å². The first kappa shape index (κ1) is 21.7. The van der Waals surface area contributed by atoms with Crippen molar-refractivity contribution in [3.8, 4) is 0 Å². The number of halogens is 2. The summed E-state index contributed by atoms with van der Waals surface area (Å²) < 4.78 is 17.2. The molecule has 9 heteroatoms. The maximum atomic E-state index is 14.3. The summed E-state index contributed by atoms with van der Waals surface area (Å²) in [7, 11) is 1.65. The predicted molar refractivity (Wildman–Crippen MR) is 129 cm³/mol. The number of benzene rings is 1. The molecule has 0 N–H and O–H groups in total. The number of hydrogen-bond donors (Lipinski definition) is 0. The molecule has 1 aliphatic carbocycles. The first-order valence-corrected chi connectivity index (χ1v) is 12.1. The molecule has 2 aliphatic rings. The second-order valence-corrected chi connectivity index (χ2v) is 10.5. The summed E-state index contributed by atoms with van der Waals surface area (Å²) in [5.74, 6) is 0.427. The number of rotatable bonds is 6. The number of fused-ring (bicyclic) bond motifs is 2. The Morgan fingerprint density at radius 1 is 1.24 bits per heavy atom. The van der Waals surface area contributed by atoms with Gasteiger partial charge in [0.1, 0.15) is 12.1 Å². The fraction of sp³-hybridized carbons (Fsp3) is 0.440. The third-order valence-electron chi connectivity index (χ3n) is 7.61. The van der Waals surface area contributed by atoms with Crippen molar-refractivity contribution in [1.82, 2.24) is 29.3 Å². The lowest BCUT2D eigenvalue weighted by Crippen LogP contribution is -2.62. The van der Waals surface area contributed by atoms with Crippen LogP contribution >= 0.6 is 11.6 Å². The summed E-state index contributed by atoms with van der Waals surface area (Å²) in [6.45, 7) is 3.23. The van der Waals surface area contributed by atoms with E-state index in [4.69, 9.17) is 11.6 Å².